The minimum absolute atomic E-state index is 0.0154. The summed E-state index contributed by atoms with van der Waals surface area (Å²) in [5.41, 5.74) is -0.160. The fourth-order valence-electron chi connectivity index (χ4n) is 3.90. The number of rotatable bonds is 11. The average molecular weight is 527 g/mol. The van der Waals surface area contributed by atoms with Crippen LogP contribution < -0.4 is 20.1 Å². The lowest BCUT2D eigenvalue weighted by Crippen LogP contribution is -2.49. The van der Waals surface area contributed by atoms with Crippen LogP contribution in [0.4, 0.5) is 5.82 Å². The summed E-state index contributed by atoms with van der Waals surface area (Å²) >= 11 is 0. The van der Waals surface area contributed by atoms with Gasteiger partial charge in [0.05, 0.1) is 27.0 Å². The average Bonchev–Trinajstić information content (AvgIpc) is 3.52. The topological polar surface area (TPSA) is 136 Å². The molecule has 1 atom stereocenters. The number of methoxy groups -OCH3 is 2. The van der Waals surface area contributed by atoms with Crippen molar-refractivity contribution >= 4 is 23.5 Å². The third-order valence-corrected chi connectivity index (χ3v) is 5.47. The number of aryl methyl sites for hydroxylation is 1. The molecule has 0 bridgehead atoms. The first-order valence-electron chi connectivity index (χ1n) is 12.1. The molecule has 2 heterocycles. The lowest BCUT2D eigenvalue weighted by Gasteiger charge is -2.34. The number of para-hydroxylation sites is 1. The number of hydrogen-bond acceptors (Lipinski definition) is 8. The van der Waals surface area contributed by atoms with E-state index in [9.17, 15) is 14.4 Å². The molecule has 204 valence electrons. The van der Waals surface area contributed by atoms with E-state index in [1.807, 2.05) is 20.8 Å². The van der Waals surface area contributed by atoms with Crippen LogP contribution in [0.3, 0.4) is 0 Å². The zero-order chi connectivity index (χ0) is 27.9. The number of carbonyl (C=O) groups excluding carboxylic acids is 3. The Kier molecular flexibility index (Phi) is 9.16. The second-order valence-corrected chi connectivity index (χ2v) is 9.70. The van der Waals surface area contributed by atoms with E-state index in [0.717, 1.165) is 0 Å². The minimum Gasteiger partial charge on any atom is -0.493 e. The van der Waals surface area contributed by atoms with Crippen LogP contribution in [0.5, 0.6) is 11.5 Å². The molecular formula is C27H34N4O7. The first-order valence-corrected chi connectivity index (χ1v) is 12.1. The highest BCUT2D eigenvalue weighted by Gasteiger charge is 2.36. The minimum atomic E-state index is -1.11. The van der Waals surface area contributed by atoms with Crippen LogP contribution in [-0.2, 0) is 20.9 Å². The maximum absolute atomic E-state index is 13.8. The fourth-order valence-corrected chi connectivity index (χ4v) is 3.90. The van der Waals surface area contributed by atoms with Crippen molar-refractivity contribution in [1.29, 1.82) is 0 Å². The standard InChI is InChI=1S/C27H34N4O7/c1-17-15-21(30-38-17)28-22(32)12-13-23(33)31(16-18-9-8-14-37-18)24(26(34)29-27(2,3)4)19-10-7-11-20(35-5)25(19)36-6/h7-11,14-15,24H,12-13,16H2,1-6H3,(H,29,34)(H,28,30,32)/t24-/m1/s1. The van der Waals surface area contributed by atoms with Gasteiger partial charge in [-0.15, -0.1) is 0 Å². The van der Waals surface area contributed by atoms with Crippen molar-refractivity contribution in [3.05, 3.63) is 59.7 Å². The maximum atomic E-state index is 13.8. The Bertz CT molecular complexity index is 1240. The Morgan fingerprint density at radius 2 is 1.84 bits per heavy atom. The molecule has 38 heavy (non-hydrogen) atoms. The molecule has 0 aliphatic heterocycles. The van der Waals surface area contributed by atoms with Crippen LogP contribution >= 0.6 is 0 Å². The van der Waals surface area contributed by atoms with Gasteiger partial charge < -0.3 is 33.9 Å². The lowest BCUT2D eigenvalue weighted by atomic mass is 9.99. The van der Waals surface area contributed by atoms with Gasteiger partial charge in [-0.3, -0.25) is 14.4 Å². The number of ether oxygens (including phenoxy) is 2. The van der Waals surface area contributed by atoms with Crippen molar-refractivity contribution in [3.8, 4) is 11.5 Å². The lowest BCUT2D eigenvalue weighted by molar-refractivity contribution is -0.143. The number of carbonyl (C=O) groups is 3. The number of hydrogen-bond donors (Lipinski definition) is 2. The van der Waals surface area contributed by atoms with E-state index in [4.69, 9.17) is 18.4 Å². The van der Waals surface area contributed by atoms with E-state index in [2.05, 4.69) is 15.8 Å². The summed E-state index contributed by atoms with van der Waals surface area (Å²) in [7, 11) is 2.96. The molecule has 0 aliphatic carbocycles. The van der Waals surface area contributed by atoms with Crippen molar-refractivity contribution < 1.29 is 32.8 Å². The molecule has 3 rings (SSSR count). The van der Waals surface area contributed by atoms with Gasteiger partial charge in [-0.05, 0) is 45.9 Å². The zero-order valence-electron chi connectivity index (χ0n) is 22.5. The molecule has 3 aromatic rings. The number of benzene rings is 1. The molecule has 0 saturated heterocycles. The Labute approximate surface area is 221 Å². The van der Waals surface area contributed by atoms with E-state index in [1.54, 1.807) is 43.3 Å². The van der Waals surface area contributed by atoms with Gasteiger partial charge in [-0.2, -0.15) is 0 Å². The Morgan fingerprint density at radius 3 is 2.42 bits per heavy atom. The van der Waals surface area contributed by atoms with Gasteiger partial charge in [0.25, 0.3) is 0 Å². The Morgan fingerprint density at radius 1 is 1.08 bits per heavy atom. The summed E-state index contributed by atoms with van der Waals surface area (Å²) in [4.78, 5) is 41.3. The van der Waals surface area contributed by atoms with Crippen molar-refractivity contribution in [2.75, 3.05) is 19.5 Å². The second kappa shape index (κ2) is 12.3. The highest BCUT2D eigenvalue weighted by atomic mass is 16.5. The summed E-state index contributed by atoms with van der Waals surface area (Å²) in [6, 6.07) is 9.00. The van der Waals surface area contributed by atoms with Crippen LogP contribution in [0.1, 0.15) is 56.7 Å². The molecule has 0 fully saturated rings. The number of amides is 3. The summed E-state index contributed by atoms with van der Waals surface area (Å²) in [6.07, 6.45) is 1.18. The van der Waals surface area contributed by atoms with Crippen molar-refractivity contribution in [2.24, 2.45) is 0 Å². The van der Waals surface area contributed by atoms with E-state index in [1.165, 1.54) is 25.4 Å². The van der Waals surface area contributed by atoms with Crippen LogP contribution in [0.25, 0.3) is 0 Å². The molecule has 11 heteroatoms. The van der Waals surface area contributed by atoms with Gasteiger partial charge in [0.1, 0.15) is 17.6 Å². The van der Waals surface area contributed by atoms with E-state index >= 15 is 0 Å². The summed E-state index contributed by atoms with van der Waals surface area (Å²) in [5, 5.41) is 9.30. The fraction of sp³-hybridized carbons (Fsp3) is 0.407. The van der Waals surface area contributed by atoms with E-state index in [-0.39, 0.29) is 25.2 Å². The van der Waals surface area contributed by atoms with Gasteiger partial charge in [-0.1, -0.05) is 17.3 Å². The van der Waals surface area contributed by atoms with Crippen LogP contribution in [0, 0.1) is 6.92 Å². The van der Waals surface area contributed by atoms with Crippen molar-refractivity contribution in [3.63, 3.8) is 0 Å². The predicted octanol–water partition coefficient (Wildman–Crippen LogP) is 4.00. The molecule has 3 amide bonds. The highest BCUT2D eigenvalue weighted by molar-refractivity contribution is 5.94. The molecule has 1 aromatic carbocycles. The highest BCUT2D eigenvalue weighted by Crippen LogP contribution is 2.38. The van der Waals surface area contributed by atoms with Gasteiger partial charge in [0, 0.05) is 30.0 Å². The maximum Gasteiger partial charge on any atom is 0.248 e. The number of aromatic nitrogens is 1. The molecular weight excluding hydrogens is 492 g/mol. The van der Waals surface area contributed by atoms with Crippen LogP contribution in [0.15, 0.2) is 51.6 Å². The molecule has 0 radical (unpaired) electrons. The van der Waals surface area contributed by atoms with Gasteiger partial charge in [0.15, 0.2) is 17.3 Å². The zero-order valence-corrected chi connectivity index (χ0v) is 22.5. The van der Waals surface area contributed by atoms with Crippen molar-refractivity contribution in [2.45, 2.75) is 58.7 Å². The van der Waals surface area contributed by atoms with Crippen LogP contribution in [0.2, 0.25) is 0 Å². The first kappa shape index (κ1) is 28.3. The van der Waals surface area contributed by atoms with Gasteiger partial charge in [0.2, 0.25) is 17.7 Å². The first-order chi connectivity index (χ1) is 18.0. The number of furan rings is 1. The molecule has 0 unspecified atom stereocenters. The quantitative estimate of drug-likeness (QED) is 0.383. The number of nitrogens with zero attached hydrogens (tertiary/aromatic N) is 2. The number of nitrogens with one attached hydrogen (secondary N) is 2. The summed E-state index contributed by atoms with van der Waals surface area (Å²) in [5.74, 6) is 0.720. The smallest absolute Gasteiger partial charge is 0.248 e. The Balaban J connectivity index is 1.97. The third kappa shape index (κ3) is 7.37. The third-order valence-electron chi connectivity index (χ3n) is 5.47. The van der Waals surface area contributed by atoms with Crippen LogP contribution in [-0.4, -0.2) is 47.5 Å². The van der Waals surface area contributed by atoms with E-state index in [0.29, 0.717) is 28.6 Å². The van der Waals surface area contributed by atoms with E-state index < -0.39 is 29.3 Å². The predicted molar refractivity (Wildman–Crippen MR) is 139 cm³/mol. The molecule has 0 aliphatic rings. The number of anilines is 1. The molecule has 0 saturated carbocycles. The largest absolute Gasteiger partial charge is 0.493 e. The van der Waals surface area contributed by atoms with Gasteiger partial charge >= 0.3 is 0 Å². The van der Waals surface area contributed by atoms with Gasteiger partial charge in [-0.25, -0.2) is 0 Å². The molecule has 2 N–H and O–H groups in total. The normalized spacial score (nSPS) is 11.9. The summed E-state index contributed by atoms with van der Waals surface area (Å²) < 4.78 is 21.5. The molecule has 0 spiro atoms. The monoisotopic (exact) mass is 526 g/mol. The SMILES string of the molecule is COc1cccc([C@H](C(=O)NC(C)(C)C)N(Cc2ccco2)C(=O)CCC(=O)Nc2cc(C)on2)c1OC. The Hall–Kier alpha value is -4.28. The summed E-state index contributed by atoms with van der Waals surface area (Å²) in [6.45, 7) is 7.23. The second-order valence-electron chi connectivity index (χ2n) is 9.70. The molecule has 11 nitrogen and oxygen atoms in total. The molecule has 2 aromatic heterocycles. The van der Waals surface area contributed by atoms with Crippen molar-refractivity contribution in [1.82, 2.24) is 15.4 Å².